The molecule has 2 aliphatic heterocycles. The molecular formula is C15H24N2S2. The van der Waals surface area contributed by atoms with Crippen LogP contribution in [0.25, 0.3) is 0 Å². The third-order valence-corrected chi connectivity index (χ3v) is 6.28. The summed E-state index contributed by atoms with van der Waals surface area (Å²) >= 11 is 4.11. The minimum Gasteiger partial charge on any atom is -0.308 e. The predicted octanol–water partition coefficient (Wildman–Crippen LogP) is 3.11. The Balaban J connectivity index is 1.47. The Hall–Kier alpha value is -0.0300. The van der Waals surface area contributed by atoms with Gasteiger partial charge < -0.3 is 10.2 Å². The van der Waals surface area contributed by atoms with Crippen LogP contribution in [0.5, 0.6) is 0 Å². The number of thioether (sulfide) groups is 1. The fraction of sp³-hybridized carbons (Fsp3) is 0.733. The molecule has 2 nitrogen and oxygen atoms in total. The van der Waals surface area contributed by atoms with E-state index in [9.17, 15) is 0 Å². The first-order chi connectivity index (χ1) is 9.31. The van der Waals surface area contributed by atoms with Crippen molar-refractivity contribution >= 4 is 23.1 Å². The van der Waals surface area contributed by atoms with Crippen LogP contribution in [0, 0.1) is 0 Å². The summed E-state index contributed by atoms with van der Waals surface area (Å²) in [5.41, 5.74) is 1.60. The van der Waals surface area contributed by atoms with E-state index in [0.717, 1.165) is 6.54 Å². The summed E-state index contributed by atoms with van der Waals surface area (Å²) in [6.07, 6.45) is 4.07. The fourth-order valence-electron chi connectivity index (χ4n) is 2.99. The molecule has 1 saturated heterocycles. The van der Waals surface area contributed by atoms with E-state index in [2.05, 4.69) is 35.0 Å². The van der Waals surface area contributed by atoms with E-state index in [1.807, 2.05) is 11.3 Å². The summed E-state index contributed by atoms with van der Waals surface area (Å²) < 4.78 is 0. The van der Waals surface area contributed by atoms with Crippen molar-refractivity contribution in [3.63, 3.8) is 0 Å². The van der Waals surface area contributed by atoms with Crippen LogP contribution in [0.3, 0.4) is 0 Å². The summed E-state index contributed by atoms with van der Waals surface area (Å²) in [5.74, 6) is 2.54. The Morgan fingerprint density at radius 3 is 3.00 bits per heavy atom. The number of hydrogen-bond donors (Lipinski definition) is 1. The number of aryl methyl sites for hydroxylation is 1. The highest BCUT2D eigenvalue weighted by Crippen LogP contribution is 2.31. The second kappa shape index (κ2) is 6.61. The lowest BCUT2D eigenvalue weighted by Gasteiger charge is -2.20. The zero-order valence-corrected chi connectivity index (χ0v) is 13.4. The number of likely N-dealkylation sites (tertiary alicyclic amines) is 1. The number of nitrogens with zero attached hydrogens (tertiary/aromatic N) is 1. The number of rotatable bonds is 5. The lowest BCUT2D eigenvalue weighted by atomic mass is 10.2. The predicted molar refractivity (Wildman–Crippen MR) is 86.2 cm³/mol. The Labute approximate surface area is 125 Å². The molecule has 1 fully saturated rings. The van der Waals surface area contributed by atoms with E-state index < -0.39 is 0 Å². The van der Waals surface area contributed by atoms with Crippen molar-refractivity contribution in [3.05, 3.63) is 21.4 Å². The minimum absolute atomic E-state index is 0.603. The molecule has 3 heterocycles. The van der Waals surface area contributed by atoms with Crippen molar-refractivity contribution in [2.24, 2.45) is 0 Å². The van der Waals surface area contributed by atoms with E-state index in [0.29, 0.717) is 6.04 Å². The highest BCUT2D eigenvalue weighted by atomic mass is 32.2. The summed E-state index contributed by atoms with van der Waals surface area (Å²) in [6, 6.07) is 3.04. The SMILES string of the molecule is CC(CN1CCCC1)NCc1cc2c(s1)CCSC2. The smallest absolute Gasteiger partial charge is 0.0302 e. The summed E-state index contributed by atoms with van der Waals surface area (Å²) in [7, 11) is 0. The van der Waals surface area contributed by atoms with Crippen molar-refractivity contribution in [3.8, 4) is 0 Å². The average Bonchev–Trinajstić information content (AvgIpc) is 3.04. The molecular weight excluding hydrogens is 272 g/mol. The maximum Gasteiger partial charge on any atom is 0.0302 e. The van der Waals surface area contributed by atoms with Crippen LogP contribution in [0.2, 0.25) is 0 Å². The number of hydrogen-bond acceptors (Lipinski definition) is 4. The molecule has 3 rings (SSSR count). The number of fused-ring (bicyclic) bond motifs is 1. The first-order valence-electron chi connectivity index (χ1n) is 7.45. The highest BCUT2D eigenvalue weighted by molar-refractivity contribution is 7.98. The molecule has 1 atom stereocenters. The average molecular weight is 297 g/mol. The van der Waals surface area contributed by atoms with Crippen LogP contribution in [0.15, 0.2) is 6.07 Å². The van der Waals surface area contributed by atoms with Crippen LogP contribution in [-0.2, 0) is 18.7 Å². The Bertz CT molecular complexity index is 387. The van der Waals surface area contributed by atoms with Gasteiger partial charge in [-0.05, 0) is 56.7 Å². The Morgan fingerprint density at radius 2 is 2.21 bits per heavy atom. The van der Waals surface area contributed by atoms with E-state index >= 15 is 0 Å². The maximum atomic E-state index is 3.70. The quantitative estimate of drug-likeness (QED) is 0.899. The molecule has 4 heteroatoms. The molecule has 106 valence electrons. The highest BCUT2D eigenvalue weighted by Gasteiger charge is 2.16. The van der Waals surface area contributed by atoms with Gasteiger partial charge in [0.15, 0.2) is 0 Å². The molecule has 19 heavy (non-hydrogen) atoms. The lowest BCUT2D eigenvalue weighted by molar-refractivity contribution is 0.298. The van der Waals surface area contributed by atoms with Crippen LogP contribution < -0.4 is 5.32 Å². The van der Waals surface area contributed by atoms with Gasteiger partial charge in [0.2, 0.25) is 0 Å². The van der Waals surface area contributed by atoms with Crippen molar-refractivity contribution in [1.82, 2.24) is 10.2 Å². The first kappa shape index (κ1) is 13.9. The largest absolute Gasteiger partial charge is 0.308 e. The number of nitrogens with one attached hydrogen (secondary N) is 1. The second-order valence-electron chi connectivity index (χ2n) is 5.75. The third kappa shape index (κ3) is 3.75. The lowest BCUT2D eigenvalue weighted by Crippen LogP contribution is -2.37. The van der Waals surface area contributed by atoms with Crippen molar-refractivity contribution in [1.29, 1.82) is 0 Å². The molecule has 0 aromatic carbocycles. The first-order valence-corrected chi connectivity index (χ1v) is 9.42. The molecule has 2 aliphatic rings. The van der Waals surface area contributed by atoms with Gasteiger partial charge in [-0.1, -0.05) is 0 Å². The van der Waals surface area contributed by atoms with E-state index in [-0.39, 0.29) is 0 Å². The van der Waals surface area contributed by atoms with Crippen molar-refractivity contribution in [2.45, 2.75) is 44.5 Å². The zero-order chi connectivity index (χ0) is 13.1. The molecule has 1 unspecified atom stereocenters. The van der Waals surface area contributed by atoms with Gasteiger partial charge in [0.05, 0.1) is 0 Å². The topological polar surface area (TPSA) is 15.3 Å². The molecule has 1 aromatic rings. The molecule has 0 radical (unpaired) electrons. The van der Waals surface area contributed by atoms with Gasteiger partial charge in [-0.3, -0.25) is 0 Å². The van der Waals surface area contributed by atoms with Crippen LogP contribution in [-0.4, -0.2) is 36.3 Å². The van der Waals surface area contributed by atoms with E-state index in [1.54, 1.807) is 10.4 Å². The molecule has 0 amide bonds. The summed E-state index contributed by atoms with van der Waals surface area (Å²) in [6.45, 7) is 7.19. The number of thiophene rings is 1. The van der Waals surface area contributed by atoms with Gasteiger partial charge in [-0.25, -0.2) is 0 Å². The summed E-state index contributed by atoms with van der Waals surface area (Å²) in [4.78, 5) is 5.76. The standard InChI is InChI=1S/C15H24N2S2/c1-12(10-17-5-2-3-6-17)16-9-14-8-13-11-18-7-4-15(13)19-14/h8,12,16H,2-7,9-11H2,1H3. The zero-order valence-electron chi connectivity index (χ0n) is 11.8. The molecule has 0 saturated carbocycles. The van der Waals surface area contributed by atoms with E-state index in [4.69, 9.17) is 0 Å². The van der Waals surface area contributed by atoms with Gasteiger partial charge in [0.1, 0.15) is 0 Å². The Morgan fingerprint density at radius 1 is 1.37 bits per heavy atom. The Kier molecular flexibility index (Phi) is 4.85. The van der Waals surface area contributed by atoms with Gasteiger partial charge in [0, 0.05) is 34.6 Å². The molecule has 1 aromatic heterocycles. The van der Waals surface area contributed by atoms with Crippen LogP contribution >= 0.6 is 23.1 Å². The second-order valence-corrected chi connectivity index (χ2v) is 8.08. The normalized spacial score (nSPS) is 21.5. The van der Waals surface area contributed by atoms with Crippen LogP contribution in [0.4, 0.5) is 0 Å². The van der Waals surface area contributed by atoms with Gasteiger partial charge in [-0.2, -0.15) is 11.8 Å². The maximum absolute atomic E-state index is 3.70. The molecule has 0 bridgehead atoms. The molecule has 0 spiro atoms. The van der Waals surface area contributed by atoms with Crippen molar-refractivity contribution < 1.29 is 0 Å². The van der Waals surface area contributed by atoms with Gasteiger partial charge in [0.25, 0.3) is 0 Å². The third-order valence-electron chi connectivity index (χ3n) is 4.03. The van der Waals surface area contributed by atoms with Crippen molar-refractivity contribution in [2.75, 3.05) is 25.4 Å². The summed E-state index contributed by atoms with van der Waals surface area (Å²) in [5, 5.41) is 3.70. The monoisotopic (exact) mass is 296 g/mol. The fourth-order valence-corrected chi connectivity index (χ4v) is 5.32. The van der Waals surface area contributed by atoms with E-state index in [1.165, 1.54) is 55.3 Å². The minimum atomic E-state index is 0.603. The van der Waals surface area contributed by atoms with Crippen LogP contribution in [0.1, 0.15) is 35.1 Å². The van der Waals surface area contributed by atoms with Gasteiger partial charge >= 0.3 is 0 Å². The molecule has 0 aliphatic carbocycles. The van der Waals surface area contributed by atoms with Gasteiger partial charge in [-0.15, -0.1) is 11.3 Å². The molecule has 1 N–H and O–H groups in total.